The summed E-state index contributed by atoms with van der Waals surface area (Å²) in [4.78, 5) is 15.1. The van der Waals surface area contributed by atoms with Crippen molar-refractivity contribution in [3.8, 4) is 23.0 Å². The van der Waals surface area contributed by atoms with E-state index < -0.39 is 0 Å². The van der Waals surface area contributed by atoms with Gasteiger partial charge in [-0.15, -0.1) is 0 Å². The van der Waals surface area contributed by atoms with Crippen molar-refractivity contribution in [1.82, 2.24) is 4.98 Å². The first-order valence-corrected chi connectivity index (χ1v) is 7.04. The van der Waals surface area contributed by atoms with Crippen molar-refractivity contribution in [2.45, 2.75) is 0 Å². The fraction of sp³-hybridized carbons (Fsp3) is 0. The van der Waals surface area contributed by atoms with Gasteiger partial charge in [0.1, 0.15) is 5.82 Å². The predicted molar refractivity (Wildman–Crippen MR) is 87.4 cm³/mol. The third-order valence-corrected chi connectivity index (χ3v) is 3.37. The van der Waals surface area contributed by atoms with Gasteiger partial charge in [-0.25, -0.2) is 4.39 Å². The molecule has 3 heteroatoms. The van der Waals surface area contributed by atoms with Crippen molar-refractivity contribution in [1.29, 1.82) is 0 Å². The highest BCUT2D eigenvalue weighted by Gasteiger charge is 2.04. The van der Waals surface area contributed by atoms with Gasteiger partial charge in [-0.05, 0) is 41.5 Å². The molecule has 0 amide bonds. The number of hydrogen-bond acceptors (Lipinski definition) is 2. The number of aromatic nitrogens is 1. The number of benzene rings is 2. The number of hydrogen-bond donors (Lipinski definition) is 0. The zero-order valence-electron chi connectivity index (χ0n) is 12.2. The van der Waals surface area contributed by atoms with Crippen molar-refractivity contribution in [2.24, 2.45) is 0 Å². The maximum absolute atomic E-state index is 13.6. The summed E-state index contributed by atoms with van der Waals surface area (Å²) in [6, 6.07) is 15.7. The van der Waals surface area contributed by atoms with Gasteiger partial charge in [0, 0.05) is 23.5 Å². The molecule has 110 valence electrons. The van der Waals surface area contributed by atoms with Gasteiger partial charge >= 0.3 is 0 Å². The lowest BCUT2D eigenvalue weighted by Gasteiger charge is -2.04. The first kappa shape index (κ1) is 14.7. The van der Waals surface area contributed by atoms with Gasteiger partial charge in [0.2, 0.25) is 0 Å². The van der Waals surface area contributed by atoms with Gasteiger partial charge < -0.3 is 0 Å². The maximum atomic E-state index is 13.6. The minimum Gasteiger partial charge on any atom is -0.298 e. The van der Waals surface area contributed by atoms with Crippen molar-refractivity contribution >= 4 is 6.29 Å². The molecule has 1 aromatic heterocycles. The van der Waals surface area contributed by atoms with E-state index >= 15 is 0 Å². The van der Waals surface area contributed by atoms with E-state index in [-0.39, 0.29) is 5.82 Å². The monoisotopic (exact) mass is 301 g/mol. The largest absolute Gasteiger partial charge is 0.298 e. The first-order chi connectivity index (χ1) is 11.3. The minimum absolute atomic E-state index is 0.339. The van der Waals surface area contributed by atoms with Crippen molar-refractivity contribution < 1.29 is 9.18 Å². The van der Waals surface area contributed by atoms with E-state index in [1.54, 1.807) is 30.5 Å². The Bertz CT molecular complexity index is 922. The Morgan fingerprint density at radius 3 is 2.70 bits per heavy atom. The minimum atomic E-state index is -0.339. The second-order valence-corrected chi connectivity index (χ2v) is 4.89. The van der Waals surface area contributed by atoms with E-state index in [0.717, 1.165) is 23.0 Å². The summed E-state index contributed by atoms with van der Waals surface area (Å²) >= 11 is 0. The average molecular weight is 301 g/mol. The molecular weight excluding hydrogens is 289 g/mol. The number of nitrogens with zero attached hydrogens (tertiary/aromatic N) is 1. The van der Waals surface area contributed by atoms with Crippen molar-refractivity contribution in [2.75, 3.05) is 0 Å². The molecule has 0 aliphatic heterocycles. The molecule has 0 N–H and O–H groups in total. The molecular formula is C20H12FNO. The van der Waals surface area contributed by atoms with Crippen LogP contribution < -0.4 is 0 Å². The van der Waals surface area contributed by atoms with Crippen LogP contribution in [0.5, 0.6) is 0 Å². The van der Waals surface area contributed by atoms with E-state index in [1.807, 2.05) is 24.3 Å². The highest BCUT2D eigenvalue weighted by Crippen LogP contribution is 2.22. The van der Waals surface area contributed by atoms with Crippen LogP contribution >= 0.6 is 0 Å². The molecule has 0 aliphatic rings. The van der Waals surface area contributed by atoms with Gasteiger partial charge in [0.05, 0.1) is 5.56 Å². The van der Waals surface area contributed by atoms with Crippen LogP contribution in [0.1, 0.15) is 21.5 Å². The molecule has 3 aromatic rings. The number of rotatable bonds is 2. The van der Waals surface area contributed by atoms with Crippen LogP contribution in [0.25, 0.3) is 11.1 Å². The Labute approximate surface area is 133 Å². The quantitative estimate of drug-likeness (QED) is 0.527. The summed E-state index contributed by atoms with van der Waals surface area (Å²) in [7, 11) is 0. The van der Waals surface area contributed by atoms with Gasteiger partial charge in [0.15, 0.2) is 6.29 Å². The van der Waals surface area contributed by atoms with E-state index in [4.69, 9.17) is 0 Å². The van der Waals surface area contributed by atoms with Crippen LogP contribution in [0.2, 0.25) is 0 Å². The average Bonchev–Trinajstić information content (AvgIpc) is 2.61. The topological polar surface area (TPSA) is 30.0 Å². The Morgan fingerprint density at radius 1 is 1.00 bits per heavy atom. The normalized spacial score (nSPS) is 9.78. The zero-order chi connectivity index (χ0) is 16.1. The fourth-order valence-electron chi connectivity index (χ4n) is 2.23. The number of carbonyl (C=O) groups excluding carboxylic acids is 1. The molecule has 1 heterocycles. The number of carbonyl (C=O) groups is 1. The zero-order valence-corrected chi connectivity index (χ0v) is 12.2. The molecule has 0 atom stereocenters. The predicted octanol–water partition coefficient (Wildman–Crippen LogP) is 4.10. The second-order valence-electron chi connectivity index (χ2n) is 4.89. The molecule has 23 heavy (non-hydrogen) atoms. The molecule has 2 nitrogen and oxygen atoms in total. The molecule has 2 aromatic carbocycles. The van der Waals surface area contributed by atoms with Crippen molar-refractivity contribution in [3.63, 3.8) is 0 Å². The molecule has 0 saturated carbocycles. The Balaban J connectivity index is 1.99. The van der Waals surface area contributed by atoms with E-state index in [9.17, 15) is 9.18 Å². The Hall–Kier alpha value is -3.25. The molecule has 0 fully saturated rings. The summed E-state index contributed by atoms with van der Waals surface area (Å²) in [5, 5.41) is 0. The van der Waals surface area contributed by atoms with E-state index in [1.165, 1.54) is 12.3 Å². The third kappa shape index (κ3) is 3.33. The van der Waals surface area contributed by atoms with Crippen LogP contribution in [0, 0.1) is 17.7 Å². The molecule has 0 unspecified atom stereocenters. The highest BCUT2D eigenvalue weighted by molar-refractivity contribution is 5.87. The summed E-state index contributed by atoms with van der Waals surface area (Å²) < 4.78 is 13.6. The van der Waals surface area contributed by atoms with Gasteiger partial charge in [-0.1, -0.05) is 36.1 Å². The van der Waals surface area contributed by atoms with Gasteiger partial charge in [-0.3, -0.25) is 9.78 Å². The molecule has 0 radical (unpaired) electrons. The molecule has 0 bridgehead atoms. The van der Waals surface area contributed by atoms with Crippen LogP contribution in [0.3, 0.4) is 0 Å². The summed E-state index contributed by atoms with van der Waals surface area (Å²) in [6.45, 7) is 0. The van der Waals surface area contributed by atoms with E-state index in [0.29, 0.717) is 11.1 Å². The highest BCUT2D eigenvalue weighted by atomic mass is 19.1. The van der Waals surface area contributed by atoms with Crippen LogP contribution in [0.4, 0.5) is 4.39 Å². The summed E-state index contributed by atoms with van der Waals surface area (Å²) in [6.07, 6.45) is 3.94. The van der Waals surface area contributed by atoms with Gasteiger partial charge in [-0.2, -0.15) is 0 Å². The third-order valence-electron chi connectivity index (χ3n) is 3.37. The SMILES string of the molecule is O=Cc1cnccc1-c1cccc(C#Cc2ccccc2F)c1. The molecule has 0 aliphatic carbocycles. The lowest BCUT2D eigenvalue weighted by Crippen LogP contribution is -1.89. The fourth-order valence-corrected chi connectivity index (χ4v) is 2.23. The second kappa shape index (κ2) is 6.67. The summed E-state index contributed by atoms with van der Waals surface area (Å²) in [5.41, 5.74) is 3.29. The number of pyridine rings is 1. The Kier molecular flexibility index (Phi) is 4.26. The number of halogens is 1. The molecule has 0 spiro atoms. The molecule has 3 rings (SSSR count). The number of aldehydes is 1. The van der Waals surface area contributed by atoms with Crippen LogP contribution in [-0.4, -0.2) is 11.3 Å². The lowest BCUT2D eigenvalue weighted by atomic mass is 10.0. The van der Waals surface area contributed by atoms with Crippen molar-refractivity contribution in [3.05, 3.63) is 89.5 Å². The maximum Gasteiger partial charge on any atom is 0.152 e. The van der Waals surface area contributed by atoms with Gasteiger partial charge in [0.25, 0.3) is 0 Å². The van der Waals surface area contributed by atoms with Crippen LogP contribution in [0.15, 0.2) is 67.0 Å². The lowest BCUT2D eigenvalue weighted by molar-refractivity contribution is 0.112. The molecule has 0 saturated heterocycles. The Morgan fingerprint density at radius 2 is 1.87 bits per heavy atom. The smallest absolute Gasteiger partial charge is 0.152 e. The first-order valence-electron chi connectivity index (χ1n) is 7.04. The standard InChI is InChI=1S/C20H12FNO/c21-20-7-2-1-5-16(20)9-8-15-4-3-6-17(12-15)19-10-11-22-13-18(19)14-23/h1-7,10-14H. The van der Waals surface area contributed by atoms with Crippen LogP contribution in [-0.2, 0) is 0 Å². The summed E-state index contributed by atoms with van der Waals surface area (Å²) in [5.74, 6) is 5.45. The van der Waals surface area contributed by atoms with E-state index in [2.05, 4.69) is 16.8 Å².